The topological polar surface area (TPSA) is 75.0 Å². The van der Waals surface area contributed by atoms with Gasteiger partial charge in [0.25, 0.3) is 5.56 Å². The number of aromatic nitrogens is 2. The Morgan fingerprint density at radius 2 is 2.04 bits per heavy atom. The van der Waals surface area contributed by atoms with E-state index in [2.05, 4.69) is 11.6 Å². The van der Waals surface area contributed by atoms with Crippen molar-refractivity contribution in [2.75, 3.05) is 0 Å². The van der Waals surface area contributed by atoms with Gasteiger partial charge in [-0.1, -0.05) is 42.1 Å². The van der Waals surface area contributed by atoms with Gasteiger partial charge in [-0.3, -0.25) is 9.36 Å². The molecule has 0 saturated heterocycles. The van der Waals surface area contributed by atoms with Crippen molar-refractivity contribution in [2.24, 2.45) is 0 Å². The predicted octanol–water partition coefficient (Wildman–Crippen LogP) is 2.92. The van der Waals surface area contributed by atoms with E-state index in [1.54, 1.807) is 22.8 Å². The molecule has 0 spiro atoms. The van der Waals surface area contributed by atoms with Gasteiger partial charge in [0.05, 0.1) is 11.4 Å². The smallest absolute Gasteiger partial charge is 0.263 e. The molecule has 0 N–H and O–H groups in total. The molecule has 0 bridgehead atoms. The number of carbonyl (C=O) groups is 1. The number of allylic oxidation sites excluding steroid dienone is 1. The molecule has 3 rings (SSSR count). The van der Waals surface area contributed by atoms with E-state index in [1.165, 1.54) is 35.2 Å². The Labute approximate surface area is 159 Å². The average Bonchev–Trinajstić information content (AvgIpc) is 2.90. The van der Waals surface area contributed by atoms with Crippen molar-refractivity contribution >= 4 is 39.3 Å². The largest absolute Gasteiger partial charge is 0.545 e. The summed E-state index contributed by atoms with van der Waals surface area (Å²) in [6, 6.07) is 6.52. The van der Waals surface area contributed by atoms with E-state index >= 15 is 0 Å². The second kappa shape index (κ2) is 7.47. The number of carbonyl (C=O) groups excluding carboxylic acids is 1. The zero-order chi connectivity index (χ0) is 18.8. The molecule has 0 atom stereocenters. The molecule has 1 aromatic carbocycles. The van der Waals surface area contributed by atoms with Gasteiger partial charge < -0.3 is 9.90 Å². The molecule has 0 saturated carbocycles. The minimum atomic E-state index is -1.19. The molecular weight excluding hydrogens is 368 g/mol. The number of aromatic carboxylic acids is 1. The van der Waals surface area contributed by atoms with Crippen LogP contribution in [-0.2, 0) is 12.3 Å². The van der Waals surface area contributed by atoms with Gasteiger partial charge in [0.2, 0.25) is 0 Å². The second-order valence-corrected chi connectivity index (χ2v) is 7.98. The maximum absolute atomic E-state index is 12.9. The van der Waals surface area contributed by atoms with Crippen molar-refractivity contribution in [2.45, 2.75) is 31.3 Å². The van der Waals surface area contributed by atoms with Gasteiger partial charge >= 0.3 is 0 Å². The lowest BCUT2D eigenvalue weighted by molar-refractivity contribution is -0.255. The minimum Gasteiger partial charge on any atom is -0.545 e. The summed E-state index contributed by atoms with van der Waals surface area (Å²) in [5.41, 5.74) is 2.02. The Hall–Kier alpha value is -2.38. The SMILES string of the molecule is C=CCn1c(SCc2ccc(C(=O)[O-])cc2)nc2sc(C)c(C)c2c1=O. The fourth-order valence-corrected chi connectivity index (χ4v) is 4.63. The molecule has 2 heterocycles. The molecule has 0 aliphatic heterocycles. The molecule has 2 aromatic heterocycles. The molecule has 3 aromatic rings. The molecule has 7 heteroatoms. The van der Waals surface area contributed by atoms with Crippen LogP contribution in [0.3, 0.4) is 0 Å². The number of carboxylic acid groups (broad SMARTS) is 1. The summed E-state index contributed by atoms with van der Waals surface area (Å²) in [5.74, 6) is -0.620. The summed E-state index contributed by atoms with van der Waals surface area (Å²) in [7, 11) is 0. The summed E-state index contributed by atoms with van der Waals surface area (Å²) in [6.45, 7) is 8.06. The molecule has 0 unspecified atom stereocenters. The lowest BCUT2D eigenvalue weighted by Crippen LogP contribution is -2.22. The Morgan fingerprint density at radius 1 is 1.35 bits per heavy atom. The number of benzene rings is 1. The highest BCUT2D eigenvalue weighted by Crippen LogP contribution is 2.29. The zero-order valence-electron chi connectivity index (χ0n) is 14.4. The number of hydrogen-bond donors (Lipinski definition) is 0. The first-order chi connectivity index (χ1) is 12.4. The van der Waals surface area contributed by atoms with Crippen LogP contribution in [0.25, 0.3) is 10.2 Å². The molecule has 26 heavy (non-hydrogen) atoms. The maximum atomic E-state index is 12.9. The number of fused-ring (bicyclic) bond motifs is 1. The van der Waals surface area contributed by atoms with Crippen molar-refractivity contribution in [3.8, 4) is 0 Å². The van der Waals surface area contributed by atoms with Crippen LogP contribution >= 0.6 is 23.1 Å². The molecule has 0 fully saturated rings. The molecular formula is C19H17N2O3S2-. The van der Waals surface area contributed by atoms with Gasteiger partial charge in [0, 0.05) is 17.2 Å². The van der Waals surface area contributed by atoms with E-state index < -0.39 is 5.97 Å². The van der Waals surface area contributed by atoms with E-state index in [-0.39, 0.29) is 11.1 Å². The number of rotatable bonds is 6. The highest BCUT2D eigenvalue weighted by atomic mass is 32.2. The maximum Gasteiger partial charge on any atom is 0.263 e. The highest BCUT2D eigenvalue weighted by molar-refractivity contribution is 7.98. The monoisotopic (exact) mass is 385 g/mol. The van der Waals surface area contributed by atoms with E-state index in [0.29, 0.717) is 22.8 Å². The fraction of sp³-hybridized carbons (Fsp3) is 0.211. The average molecular weight is 385 g/mol. The van der Waals surface area contributed by atoms with Crippen molar-refractivity contribution in [3.05, 3.63) is 68.8 Å². The molecule has 0 amide bonds. The van der Waals surface area contributed by atoms with Crippen molar-refractivity contribution in [3.63, 3.8) is 0 Å². The number of thiophene rings is 1. The molecule has 134 valence electrons. The quantitative estimate of drug-likeness (QED) is 0.370. The predicted molar refractivity (Wildman–Crippen MR) is 104 cm³/mol. The van der Waals surface area contributed by atoms with Gasteiger partial charge in [-0.05, 0) is 30.5 Å². The van der Waals surface area contributed by atoms with Gasteiger partial charge in [-0.25, -0.2) is 4.98 Å². The number of nitrogens with zero attached hydrogens (tertiary/aromatic N) is 2. The molecule has 0 aliphatic carbocycles. The normalized spacial score (nSPS) is 11.0. The zero-order valence-corrected chi connectivity index (χ0v) is 16.1. The molecule has 0 aliphatic rings. The first-order valence-electron chi connectivity index (χ1n) is 7.97. The van der Waals surface area contributed by atoms with E-state index in [9.17, 15) is 14.7 Å². The Kier molecular flexibility index (Phi) is 5.29. The first kappa shape index (κ1) is 18.4. The van der Waals surface area contributed by atoms with Crippen molar-refractivity contribution in [1.82, 2.24) is 9.55 Å². The summed E-state index contributed by atoms with van der Waals surface area (Å²) in [6.07, 6.45) is 1.68. The Morgan fingerprint density at radius 3 is 2.65 bits per heavy atom. The second-order valence-electron chi connectivity index (χ2n) is 5.84. The van der Waals surface area contributed by atoms with Crippen LogP contribution in [0.15, 0.2) is 46.9 Å². The lowest BCUT2D eigenvalue weighted by Gasteiger charge is -2.10. The summed E-state index contributed by atoms with van der Waals surface area (Å²) >= 11 is 2.97. The minimum absolute atomic E-state index is 0.0495. The Balaban J connectivity index is 1.95. The first-order valence-corrected chi connectivity index (χ1v) is 9.77. The van der Waals surface area contributed by atoms with Crippen molar-refractivity contribution in [1.29, 1.82) is 0 Å². The fourth-order valence-electron chi connectivity index (χ4n) is 2.59. The number of carboxylic acids is 1. The van der Waals surface area contributed by atoms with Crippen LogP contribution in [0.1, 0.15) is 26.4 Å². The van der Waals surface area contributed by atoms with Gasteiger partial charge in [-0.2, -0.15) is 0 Å². The van der Waals surface area contributed by atoms with E-state index in [1.807, 2.05) is 13.8 Å². The molecule has 0 radical (unpaired) electrons. The van der Waals surface area contributed by atoms with E-state index in [4.69, 9.17) is 0 Å². The van der Waals surface area contributed by atoms with Gasteiger partial charge in [0.15, 0.2) is 5.16 Å². The number of hydrogen-bond acceptors (Lipinski definition) is 6. The van der Waals surface area contributed by atoms with Crippen LogP contribution in [-0.4, -0.2) is 15.5 Å². The van der Waals surface area contributed by atoms with Gasteiger partial charge in [-0.15, -0.1) is 17.9 Å². The number of thioether (sulfide) groups is 1. The van der Waals surface area contributed by atoms with Crippen LogP contribution in [0.5, 0.6) is 0 Å². The van der Waals surface area contributed by atoms with Gasteiger partial charge in [0.1, 0.15) is 4.83 Å². The third-order valence-electron chi connectivity index (χ3n) is 4.12. The Bertz CT molecular complexity index is 1050. The summed E-state index contributed by atoms with van der Waals surface area (Å²) in [5, 5.41) is 12.1. The van der Waals surface area contributed by atoms with Crippen molar-refractivity contribution < 1.29 is 9.90 Å². The summed E-state index contributed by atoms with van der Waals surface area (Å²) in [4.78, 5) is 30.3. The summed E-state index contributed by atoms with van der Waals surface area (Å²) < 4.78 is 1.63. The highest BCUT2D eigenvalue weighted by Gasteiger charge is 2.16. The van der Waals surface area contributed by atoms with Crippen LogP contribution in [0, 0.1) is 13.8 Å². The standard InChI is InChI=1S/C19H18N2O3S2/c1-4-9-21-17(22)15-11(2)12(3)26-16(15)20-19(21)25-10-13-5-7-14(8-6-13)18(23)24/h4-8H,1,9-10H2,2-3H3,(H,23,24)/p-1. The lowest BCUT2D eigenvalue weighted by atomic mass is 10.1. The van der Waals surface area contributed by atoms with Crippen LogP contribution < -0.4 is 10.7 Å². The molecule has 5 nitrogen and oxygen atoms in total. The van der Waals surface area contributed by atoms with E-state index in [0.717, 1.165) is 20.8 Å². The van der Waals surface area contributed by atoms with Crippen LogP contribution in [0.2, 0.25) is 0 Å². The number of aryl methyl sites for hydroxylation is 2. The van der Waals surface area contributed by atoms with Crippen LogP contribution in [0.4, 0.5) is 0 Å². The third-order valence-corrected chi connectivity index (χ3v) is 6.27. The third kappa shape index (κ3) is 3.45.